The Labute approximate surface area is 124 Å². The third-order valence-corrected chi connectivity index (χ3v) is 3.03. The average molecular weight is 291 g/mol. The number of nitrogens with one attached hydrogen (secondary N) is 1. The Morgan fingerprint density at radius 2 is 2.14 bits per heavy atom. The Kier molecular flexibility index (Phi) is 4.06. The van der Waals surface area contributed by atoms with Crippen LogP contribution in [-0.4, -0.2) is 30.2 Å². The number of nitrogen functional groups attached to an aromatic ring is 1. The topological polar surface area (TPSA) is 84.7 Å². The molecule has 21 heavy (non-hydrogen) atoms. The van der Waals surface area contributed by atoms with E-state index >= 15 is 0 Å². The van der Waals surface area contributed by atoms with Crippen LogP contribution >= 0.6 is 0 Å². The number of nitrogens with zero attached hydrogens (tertiary/aromatic N) is 1. The van der Waals surface area contributed by atoms with E-state index in [1.54, 1.807) is 43.9 Å². The molecular weight excluding hydrogens is 270 g/mol. The molecule has 0 saturated carbocycles. The van der Waals surface area contributed by atoms with Crippen LogP contribution in [0.3, 0.4) is 0 Å². The molecule has 1 saturated heterocycles. The van der Waals surface area contributed by atoms with Gasteiger partial charge in [0.05, 0.1) is 6.04 Å². The van der Waals surface area contributed by atoms with Crippen molar-refractivity contribution < 1.29 is 14.3 Å². The van der Waals surface area contributed by atoms with Gasteiger partial charge < -0.3 is 20.7 Å². The second-order valence-electron chi connectivity index (χ2n) is 6.15. The Morgan fingerprint density at radius 1 is 1.43 bits per heavy atom. The third kappa shape index (κ3) is 4.11. The van der Waals surface area contributed by atoms with Crippen LogP contribution in [0.25, 0.3) is 0 Å². The van der Waals surface area contributed by atoms with Gasteiger partial charge in [-0.05, 0) is 39.0 Å². The van der Waals surface area contributed by atoms with Crippen molar-refractivity contribution in [3.05, 3.63) is 24.3 Å². The fourth-order valence-corrected chi connectivity index (χ4v) is 2.22. The molecule has 1 aromatic rings. The van der Waals surface area contributed by atoms with Crippen LogP contribution < -0.4 is 16.0 Å². The first-order chi connectivity index (χ1) is 9.74. The Bertz CT molecular complexity index is 551. The van der Waals surface area contributed by atoms with Gasteiger partial charge in [-0.2, -0.15) is 0 Å². The molecule has 0 aromatic heterocycles. The maximum Gasteiger partial charge on any atom is 0.407 e. The van der Waals surface area contributed by atoms with E-state index < -0.39 is 11.7 Å². The van der Waals surface area contributed by atoms with E-state index in [1.165, 1.54) is 0 Å². The van der Waals surface area contributed by atoms with E-state index in [4.69, 9.17) is 10.5 Å². The van der Waals surface area contributed by atoms with E-state index in [2.05, 4.69) is 5.32 Å². The summed E-state index contributed by atoms with van der Waals surface area (Å²) >= 11 is 0. The molecule has 1 atom stereocenters. The molecular formula is C15H21N3O3. The van der Waals surface area contributed by atoms with Gasteiger partial charge in [0.1, 0.15) is 5.60 Å². The third-order valence-electron chi connectivity index (χ3n) is 3.03. The lowest BCUT2D eigenvalue weighted by Gasteiger charge is -2.22. The molecule has 114 valence electrons. The fourth-order valence-electron chi connectivity index (χ4n) is 2.22. The summed E-state index contributed by atoms with van der Waals surface area (Å²) in [6, 6.07) is 6.87. The van der Waals surface area contributed by atoms with Crippen LogP contribution in [0.15, 0.2) is 24.3 Å². The minimum atomic E-state index is -0.555. The highest BCUT2D eigenvalue weighted by Crippen LogP contribution is 2.23. The SMILES string of the molecule is CC(C)(C)OC(=O)NC1CC(=O)N(c2cccc(N)c2)C1. The predicted molar refractivity (Wildman–Crippen MR) is 81.0 cm³/mol. The number of hydrogen-bond donors (Lipinski definition) is 2. The van der Waals surface area contributed by atoms with Crippen molar-refractivity contribution in [3.8, 4) is 0 Å². The molecule has 1 aromatic carbocycles. The van der Waals surface area contributed by atoms with Gasteiger partial charge in [0.15, 0.2) is 0 Å². The number of carbonyl (C=O) groups is 2. The van der Waals surface area contributed by atoms with Crippen molar-refractivity contribution in [1.82, 2.24) is 5.32 Å². The Hall–Kier alpha value is -2.24. The number of carbonyl (C=O) groups excluding carboxylic acids is 2. The van der Waals surface area contributed by atoms with Gasteiger partial charge in [0.25, 0.3) is 0 Å². The Morgan fingerprint density at radius 3 is 2.76 bits per heavy atom. The number of amides is 2. The number of hydrogen-bond acceptors (Lipinski definition) is 4. The second-order valence-corrected chi connectivity index (χ2v) is 6.15. The lowest BCUT2D eigenvalue weighted by molar-refractivity contribution is -0.117. The van der Waals surface area contributed by atoms with Crippen molar-refractivity contribution in [2.75, 3.05) is 17.2 Å². The van der Waals surface area contributed by atoms with Crippen molar-refractivity contribution in [1.29, 1.82) is 0 Å². The fraction of sp³-hybridized carbons (Fsp3) is 0.467. The molecule has 0 aliphatic carbocycles. The molecule has 3 N–H and O–H groups in total. The number of nitrogens with two attached hydrogens (primary N) is 1. The number of rotatable bonds is 2. The molecule has 6 heteroatoms. The van der Waals surface area contributed by atoms with Gasteiger partial charge in [-0.15, -0.1) is 0 Å². The second kappa shape index (κ2) is 5.63. The van der Waals surface area contributed by atoms with Gasteiger partial charge in [-0.3, -0.25) is 4.79 Å². The normalized spacial score (nSPS) is 18.7. The van der Waals surface area contributed by atoms with Crippen LogP contribution in [-0.2, 0) is 9.53 Å². The molecule has 2 rings (SSSR count). The summed E-state index contributed by atoms with van der Waals surface area (Å²) in [6.45, 7) is 5.81. The molecule has 1 fully saturated rings. The molecule has 0 radical (unpaired) electrons. The van der Waals surface area contributed by atoms with E-state index in [1.807, 2.05) is 6.07 Å². The molecule has 0 spiro atoms. The van der Waals surface area contributed by atoms with Gasteiger partial charge in [0, 0.05) is 24.3 Å². The lowest BCUT2D eigenvalue weighted by Crippen LogP contribution is -2.40. The monoisotopic (exact) mass is 291 g/mol. The van der Waals surface area contributed by atoms with Gasteiger partial charge >= 0.3 is 6.09 Å². The van der Waals surface area contributed by atoms with Crippen LogP contribution in [0.1, 0.15) is 27.2 Å². The molecule has 1 aliphatic heterocycles. The molecule has 0 bridgehead atoms. The summed E-state index contributed by atoms with van der Waals surface area (Å²) in [5.74, 6) is -0.0401. The Balaban J connectivity index is 1.98. The van der Waals surface area contributed by atoms with Crippen LogP contribution in [0.5, 0.6) is 0 Å². The lowest BCUT2D eigenvalue weighted by atomic mass is 10.2. The number of benzene rings is 1. The summed E-state index contributed by atoms with van der Waals surface area (Å²) in [4.78, 5) is 25.4. The standard InChI is InChI=1S/C15H21N3O3/c1-15(2,3)21-14(20)17-11-8-13(19)18(9-11)12-6-4-5-10(16)7-12/h4-7,11H,8-9,16H2,1-3H3,(H,17,20). The van der Waals surface area contributed by atoms with Crippen molar-refractivity contribution >= 4 is 23.4 Å². The highest BCUT2D eigenvalue weighted by molar-refractivity contribution is 5.97. The first-order valence-corrected chi connectivity index (χ1v) is 6.90. The summed E-state index contributed by atoms with van der Waals surface area (Å²) in [5.41, 5.74) is 6.52. The number of alkyl carbamates (subject to hydrolysis) is 1. The summed E-state index contributed by atoms with van der Waals surface area (Å²) in [7, 11) is 0. The molecule has 1 heterocycles. The summed E-state index contributed by atoms with van der Waals surface area (Å²) in [5, 5.41) is 2.73. The van der Waals surface area contributed by atoms with E-state index in [9.17, 15) is 9.59 Å². The van der Waals surface area contributed by atoms with Crippen molar-refractivity contribution in [3.63, 3.8) is 0 Å². The van der Waals surface area contributed by atoms with E-state index in [-0.39, 0.29) is 18.4 Å². The average Bonchev–Trinajstić information content (AvgIpc) is 2.67. The van der Waals surface area contributed by atoms with Crippen molar-refractivity contribution in [2.45, 2.75) is 38.8 Å². The molecule has 1 unspecified atom stereocenters. The van der Waals surface area contributed by atoms with Gasteiger partial charge in [0.2, 0.25) is 5.91 Å². The minimum absolute atomic E-state index is 0.0401. The molecule has 1 aliphatic rings. The minimum Gasteiger partial charge on any atom is -0.444 e. The highest BCUT2D eigenvalue weighted by atomic mass is 16.6. The predicted octanol–water partition coefficient (Wildman–Crippen LogP) is 1.90. The van der Waals surface area contributed by atoms with Crippen LogP contribution in [0, 0.1) is 0 Å². The number of anilines is 2. The quantitative estimate of drug-likeness (QED) is 0.815. The number of ether oxygens (including phenoxy) is 1. The first-order valence-electron chi connectivity index (χ1n) is 6.90. The maximum atomic E-state index is 12.1. The first kappa shape index (κ1) is 15.2. The smallest absolute Gasteiger partial charge is 0.407 e. The highest BCUT2D eigenvalue weighted by Gasteiger charge is 2.32. The van der Waals surface area contributed by atoms with Crippen LogP contribution in [0.4, 0.5) is 16.2 Å². The van der Waals surface area contributed by atoms with E-state index in [0.29, 0.717) is 12.2 Å². The molecule has 2 amide bonds. The van der Waals surface area contributed by atoms with Gasteiger partial charge in [-0.1, -0.05) is 6.07 Å². The largest absolute Gasteiger partial charge is 0.444 e. The zero-order valence-electron chi connectivity index (χ0n) is 12.6. The summed E-state index contributed by atoms with van der Waals surface area (Å²) in [6.07, 6.45) is -0.247. The van der Waals surface area contributed by atoms with Crippen molar-refractivity contribution in [2.24, 2.45) is 0 Å². The van der Waals surface area contributed by atoms with Crippen LogP contribution in [0.2, 0.25) is 0 Å². The zero-order chi connectivity index (χ0) is 15.6. The molecule has 6 nitrogen and oxygen atoms in total. The summed E-state index contributed by atoms with van der Waals surface area (Å²) < 4.78 is 5.20. The zero-order valence-corrected chi connectivity index (χ0v) is 12.6. The van der Waals surface area contributed by atoms with E-state index in [0.717, 1.165) is 5.69 Å². The maximum absolute atomic E-state index is 12.1. The van der Waals surface area contributed by atoms with Gasteiger partial charge in [-0.25, -0.2) is 4.79 Å².